The first-order valence-corrected chi connectivity index (χ1v) is 6.01. The number of hydrogen-bond acceptors (Lipinski definition) is 2. The molecular formula is C12H24N2. The molecule has 3 unspecified atom stereocenters. The molecule has 82 valence electrons. The highest BCUT2D eigenvalue weighted by Crippen LogP contribution is 2.41. The summed E-state index contributed by atoms with van der Waals surface area (Å²) in [6.07, 6.45) is 2.90. The predicted molar refractivity (Wildman–Crippen MR) is 60.1 cm³/mol. The van der Waals surface area contributed by atoms with Crippen LogP contribution in [0.2, 0.25) is 0 Å². The highest BCUT2D eigenvalue weighted by atomic mass is 15.2. The van der Waals surface area contributed by atoms with Gasteiger partial charge in [0.1, 0.15) is 0 Å². The summed E-state index contributed by atoms with van der Waals surface area (Å²) in [7, 11) is 0. The van der Waals surface area contributed by atoms with Crippen molar-refractivity contribution < 1.29 is 0 Å². The van der Waals surface area contributed by atoms with E-state index in [0.29, 0.717) is 5.41 Å². The van der Waals surface area contributed by atoms with Gasteiger partial charge in [-0.1, -0.05) is 13.8 Å². The summed E-state index contributed by atoms with van der Waals surface area (Å²) in [5.41, 5.74) is 6.25. The third-order valence-electron chi connectivity index (χ3n) is 4.61. The Bertz CT molecular complexity index is 212. The molecule has 0 spiro atoms. The third kappa shape index (κ3) is 1.70. The van der Waals surface area contributed by atoms with Crippen LogP contribution in [0.3, 0.4) is 0 Å². The SMILES string of the molecule is CC(C1CC1)N1CC(C)C(C)(CN)C1. The molecule has 2 aliphatic rings. The average Bonchev–Trinajstić information content (AvgIpc) is 2.94. The molecule has 0 aromatic heterocycles. The molecule has 0 radical (unpaired) electrons. The second-order valence-electron chi connectivity index (χ2n) is 5.77. The summed E-state index contributed by atoms with van der Waals surface area (Å²) in [6, 6.07) is 0.797. The number of nitrogens with two attached hydrogens (primary N) is 1. The van der Waals surface area contributed by atoms with Gasteiger partial charge in [0.25, 0.3) is 0 Å². The van der Waals surface area contributed by atoms with E-state index in [-0.39, 0.29) is 0 Å². The molecule has 2 rings (SSSR count). The molecule has 1 aliphatic heterocycles. The first-order chi connectivity index (χ1) is 6.57. The molecule has 0 amide bonds. The van der Waals surface area contributed by atoms with Gasteiger partial charge in [-0.15, -0.1) is 0 Å². The fourth-order valence-corrected chi connectivity index (χ4v) is 2.71. The van der Waals surface area contributed by atoms with E-state index < -0.39 is 0 Å². The summed E-state index contributed by atoms with van der Waals surface area (Å²) in [4.78, 5) is 2.66. The maximum atomic E-state index is 5.89. The van der Waals surface area contributed by atoms with Crippen LogP contribution in [0.4, 0.5) is 0 Å². The molecule has 1 saturated carbocycles. The zero-order chi connectivity index (χ0) is 10.3. The van der Waals surface area contributed by atoms with Crippen molar-refractivity contribution in [1.29, 1.82) is 0 Å². The summed E-state index contributed by atoms with van der Waals surface area (Å²) >= 11 is 0. The van der Waals surface area contributed by atoms with Crippen molar-refractivity contribution in [1.82, 2.24) is 4.90 Å². The molecule has 3 atom stereocenters. The summed E-state index contributed by atoms with van der Waals surface area (Å²) in [6.45, 7) is 10.4. The minimum Gasteiger partial charge on any atom is -0.330 e. The second-order valence-corrected chi connectivity index (χ2v) is 5.77. The Labute approximate surface area is 87.8 Å². The average molecular weight is 196 g/mol. The van der Waals surface area contributed by atoms with E-state index in [1.807, 2.05) is 0 Å². The molecule has 2 fully saturated rings. The Morgan fingerprint density at radius 3 is 2.57 bits per heavy atom. The van der Waals surface area contributed by atoms with Crippen LogP contribution >= 0.6 is 0 Å². The summed E-state index contributed by atoms with van der Waals surface area (Å²) < 4.78 is 0. The topological polar surface area (TPSA) is 29.3 Å². The van der Waals surface area contributed by atoms with Crippen LogP contribution in [0, 0.1) is 17.3 Å². The van der Waals surface area contributed by atoms with Gasteiger partial charge < -0.3 is 5.73 Å². The lowest BCUT2D eigenvalue weighted by molar-refractivity contribution is 0.205. The van der Waals surface area contributed by atoms with Gasteiger partial charge in [-0.2, -0.15) is 0 Å². The Balaban J connectivity index is 1.97. The maximum Gasteiger partial charge on any atom is 0.00955 e. The van der Waals surface area contributed by atoms with E-state index in [1.54, 1.807) is 0 Å². The molecule has 1 heterocycles. The molecule has 1 saturated heterocycles. The number of hydrogen-bond donors (Lipinski definition) is 1. The van der Waals surface area contributed by atoms with Crippen LogP contribution in [0.5, 0.6) is 0 Å². The first-order valence-electron chi connectivity index (χ1n) is 6.01. The van der Waals surface area contributed by atoms with E-state index in [4.69, 9.17) is 5.73 Å². The van der Waals surface area contributed by atoms with Crippen molar-refractivity contribution in [2.75, 3.05) is 19.6 Å². The fourth-order valence-electron chi connectivity index (χ4n) is 2.71. The Kier molecular flexibility index (Phi) is 2.61. The largest absolute Gasteiger partial charge is 0.330 e. The smallest absolute Gasteiger partial charge is 0.00955 e. The van der Waals surface area contributed by atoms with Crippen LogP contribution < -0.4 is 5.73 Å². The van der Waals surface area contributed by atoms with Gasteiger partial charge in [0, 0.05) is 19.1 Å². The van der Waals surface area contributed by atoms with Crippen molar-refractivity contribution in [2.45, 2.75) is 39.7 Å². The molecule has 0 aromatic rings. The quantitative estimate of drug-likeness (QED) is 0.744. The van der Waals surface area contributed by atoms with Crippen molar-refractivity contribution in [3.8, 4) is 0 Å². The molecule has 14 heavy (non-hydrogen) atoms. The molecule has 0 aromatic carbocycles. The maximum absolute atomic E-state index is 5.89. The van der Waals surface area contributed by atoms with Crippen molar-refractivity contribution >= 4 is 0 Å². The molecule has 2 N–H and O–H groups in total. The van der Waals surface area contributed by atoms with Crippen LogP contribution in [0.25, 0.3) is 0 Å². The van der Waals surface area contributed by atoms with E-state index >= 15 is 0 Å². The van der Waals surface area contributed by atoms with E-state index in [2.05, 4.69) is 25.7 Å². The Morgan fingerprint density at radius 2 is 2.14 bits per heavy atom. The lowest BCUT2D eigenvalue weighted by atomic mass is 9.81. The Hall–Kier alpha value is -0.0800. The number of nitrogens with zero attached hydrogens (tertiary/aromatic N) is 1. The minimum atomic E-state index is 0.364. The van der Waals surface area contributed by atoms with Crippen LogP contribution in [-0.2, 0) is 0 Å². The lowest BCUT2D eigenvalue weighted by Gasteiger charge is -2.28. The molecule has 2 nitrogen and oxygen atoms in total. The zero-order valence-corrected chi connectivity index (χ0v) is 9.79. The second kappa shape index (κ2) is 3.49. The van der Waals surface area contributed by atoms with Gasteiger partial charge in [0.2, 0.25) is 0 Å². The van der Waals surface area contributed by atoms with Crippen molar-refractivity contribution in [3.05, 3.63) is 0 Å². The summed E-state index contributed by atoms with van der Waals surface area (Å²) in [5.74, 6) is 1.75. The number of likely N-dealkylation sites (tertiary alicyclic amines) is 1. The van der Waals surface area contributed by atoms with Crippen molar-refractivity contribution in [2.24, 2.45) is 23.0 Å². The molecule has 2 heteroatoms. The van der Waals surface area contributed by atoms with Gasteiger partial charge in [0.15, 0.2) is 0 Å². The normalized spacial score (nSPS) is 41.6. The van der Waals surface area contributed by atoms with Crippen LogP contribution in [0.1, 0.15) is 33.6 Å². The lowest BCUT2D eigenvalue weighted by Crippen LogP contribution is -2.37. The van der Waals surface area contributed by atoms with E-state index in [9.17, 15) is 0 Å². The number of rotatable bonds is 3. The van der Waals surface area contributed by atoms with Crippen molar-refractivity contribution in [3.63, 3.8) is 0 Å². The predicted octanol–water partition coefficient (Wildman–Crippen LogP) is 1.70. The highest BCUT2D eigenvalue weighted by molar-refractivity contribution is 4.97. The zero-order valence-electron chi connectivity index (χ0n) is 9.79. The monoisotopic (exact) mass is 196 g/mol. The van der Waals surface area contributed by atoms with Gasteiger partial charge in [-0.3, -0.25) is 4.90 Å². The molecule has 0 bridgehead atoms. The minimum absolute atomic E-state index is 0.364. The molecule has 1 aliphatic carbocycles. The standard InChI is InChI=1S/C12H24N2/c1-9-6-14(8-12(9,3)7-13)10(2)11-4-5-11/h9-11H,4-8,13H2,1-3H3. The van der Waals surface area contributed by atoms with Gasteiger partial charge in [0.05, 0.1) is 0 Å². The van der Waals surface area contributed by atoms with Crippen LogP contribution in [0.15, 0.2) is 0 Å². The van der Waals surface area contributed by atoms with Gasteiger partial charge in [-0.05, 0) is 43.6 Å². The van der Waals surface area contributed by atoms with Gasteiger partial charge in [-0.25, -0.2) is 0 Å². The van der Waals surface area contributed by atoms with E-state index in [1.165, 1.54) is 25.9 Å². The van der Waals surface area contributed by atoms with Crippen LogP contribution in [-0.4, -0.2) is 30.6 Å². The summed E-state index contributed by atoms with van der Waals surface area (Å²) in [5, 5.41) is 0. The highest BCUT2D eigenvalue weighted by Gasteiger charge is 2.43. The third-order valence-corrected chi connectivity index (χ3v) is 4.61. The molecular weight excluding hydrogens is 172 g/mol. The fraction of sp³-hybridized carbons (Fsp3) is 1.00. The van der Waals surface area contributed by atoms with Gasteiger partial charge >= 0.3 is 0 Å². The Morgan fingerprint density at radius 1 is 1.50 bits per heavy atom. The van der Waals surface area contributed by atoms with E-state index in [0.717, 1.165) is 24.4 Å². The first kappa shape index (κ1) is 10.4.